The van der Waals surface area contributed by atoms with Crippen LogP contribution in [0.4, 0.5) is 0 Å². The first kappa shape index (κ1) is 23.7. The van der Waals surface area contributed by atoms with Gasteiger partial charge < -0.3 is 19.7 Å². The van der Waals surface area contributed by atoms with Gasteiger partial charge >= 0.3 is 5.97 Å². The second kappa shape index (κ2) is 9.79. The van der Waals surface area contributed by atoms with Crippen LogP contribution in [0.3, 0.4) is 0 Å². The minimum Gasteiger partial charge on any atom is -0.506 e. The van der Waals surface area contributed by atoms with E-state index < -0.39 is 0 Å². The van der Waals surface area contributed by atoms with E-state index in [-0.39, 0.29) is 18.3 Å². The van der Waals surface area contributed by atoms with Gasteiger partial charge in [0.15, 0.2) is 0 Å². The number of aryl methyl sites for hydroxylation is 1. The number of H-pyrrole nitrogens is 1. The fourth-order valence-electron chi connectivity index (χ4n) is 4.09. The third-order valence-electron chi connectivity index (χ3n) is 5.64. The van der Waals surface area contributed by atoms with Crippen LogP contribution in [0.15, 0.2) is 51.8 Å². The number of fused-ring (bicyclic) bond motifs is 2. The summed E-state index contributed by atoms with van der Waals surface area (Å²) in [6, 6.07) is 14.6. The van der Waals surface area contributed by atoms with Gasteiger partial charge in [-0.1, -0.05) is 30.3 Å². The molecule has 0 saturated heterocycles. The summed E-state index contributed by atoms with van der Waals surface area (Å²) in [5.74, 6) is 0.353. The average molecular weight is 527 g/mol. The molecule has 172 valence electrons. The van der Waals surface area contributed by atoms with Crippen LogP contribution >= 0.6 is 27.7 Å². The Bertz CT molecular complexity index is 1350. The second-order valence-electron chi connectivity index (χ2n) is 8.25. The number of hydrogen-bond acceptors (Lipinski definition) is 5. The van der Waals surface area contributed by atoms with E-state index in [0.717, 1.165) is 27.1 Å². The van der Waals surface area contributed by atoms with Crippen molar-refractivity contribution in [3.05, 3.63) is 69.3 Å². The summed E-state index contributed by atoms with van der Waals surface area (Å²) in [6.07, 6.45) is 0. The number of phenolic OH excluding ortho intramolecular Hbond substituents is 1. The number of thioether (sulfide) groups is 1. The van der Waals surface area contributed by atoms with Crippen LogP contribution in [0.5, 0.6) is 5.75 Å². The van der Waals surface area contributed by atoms with Crippen molar-refractivity contribution in [2.45, 2.75) is 31.0 Å². The number of aromatic hydroxyl groups is 1. The first-order chi connectivity index (χ1) is 15.8. The molecule has 0 unspecified atom stereocenters. The van der Waals surface area contributed by atoms with E-state index in [1.807, 2.05) is 38.1 Å². The molecule has 1 heterocycles. The van der Waals surface area contributed by atoms with Gasteiger partial charge in [0, 0.05) is 33.8 Å². The quantitative estimate of drug-likeness (QED) is 0.209. The maximum absolute atomic E-state index is 13.1. The van der Waals surface area contributed by atoms with E-state index in [2.05, 4.69) is 51.2 Å². The molecule has 0 bridgehead atoms. The molecule has 0 aliphatic carbocycles. The normalized spacial score (nSPS) is 11.6. The molecule has 0 saturated carbocycles. The Morgan fingerprint density at radius 2 is 1.91 bits per heavy atom. The highest BCUT2D eigenvalue weighted by Gasteiger charge is 2.27. The fourth-order valence-corrected chi connectivity index (χ4v) is 5.43. The molecular formula is C26H27BrN2O3S. The zero-order valence-corrected chi connectivity index (χ0v) is 21.6. The van der Waals surface area contributed by atoms with Gasteiger partial charge in [-0.05, 0) is 72.3 Å². The lowest BCUT2D eigenvalue weighted by Gasteiger charge is -2.16. The zero-order chi connectivity index (χ0) is 23.7. The molecule has 4 rings (SSSR count). The highest BCUT2D eigenvalue weighted by molar-refractivity contribution is 9.10. The predicted octanol–water partition coefficient (Wildman–Crippen LogP) is 6.63. The Balaban J connectivity index is 1.83. The van der Waals surface area contributed by atoms with Gasteiger partial charge in [-0.15, -0.1) is 11.8 Å². The number of nitrogens with zero attached hydrogens (tertiary/aromatic N) is 1. The summed E-state index contributed by atoms with van der Waals surface area (Å²) >= 11 is 5.20. The Morgan fingerprint density at radius 3 is 2.61 bits per heavy atom. The lowest BCUT2D eigenvalue weighted by Crippen LogP contribution is -2.13. The second-order valence-corrected chi connectivity index (χ2v) is 10.1. The number of aromatic amines is 1. The summed E-state index contributed by atoms with van der Waals surface area (Å²) < 4.78 is 6.08. The minimum absolute atomic E-state index is 0.159. The Morgan fingerprint density at radius 1 is 1.18 bits per heavy atom. The van der Waals surface area contributed by atoms with Crippen molar-refractivity contribution in [3.8, 4) is 5.75 Å². The summed E-state index contributed by atoms with van der Waals surface area (Å²) in [5, 5.41) is 14.0. The van der Waals surface area contributed by atoms with Crippen molar-refractivity contribution >= 4 is 55.3 Å². The molecule has 0 aliphatic heterocycles. The topological polar surface area (TPSA) is 65.6 Å². The number of halogens is 1. The molecule has 0 radical (unpaired) electrons. The van der Waals surface area contributed by atoms with E-state index in [4.69, 9.17) is 4.74 Å². The zero-order valence-electron chi connectivity index (χ0n) is 19.2. The maximum Gasteiger partial charge on any atom is 0.340 e. The number of carbonyl (C=O) groups excluding carboxylic acids is 1. The Kier molecular flexibility index (Phi) is 7.02. The van der Waals surface area contributed by atoms with Gasteiger partial charge in [0.1, 0.15) is 5.75 Å². The summed E-state index contributed by atoms with van der Waals surface area (Å²) in [4.78, 5) is 19.7. The lowest BCUT2D eigenvalue weighted by molar-refractivity contribution is 0.0527. The Labute approximate surface area is 206 Å². The SMILES string of the molecule is CCOC(=O)c1c(CSc2ccc3ccccc3c2)[nH]c2c(C)c(Br)c(O)c(CN(C)C)c12. The first-order valence-corrected chi connectivity index (χ1v) is 12.6. The molecular weight excluding hydrogens is 500 g/mol. The van der Waals surface area contributed by atoms with Gasteiger partial charge in [-0.25, -0.2) is 4.79 Å². The monoisotopic (exact) mass is 526 g/mol. The van der Waals surface area contributed by atoms with Crippen molar-refractivity contribution in [3.63, 3.8) is 0 Å². The van der Waals surface area contributed by atoms with Gasteiger partial charge in [0.2, 0.25) is 0 Å². The van der Waals surface area contributed by atoms with Crippen LogP contribution in [0.1, 0.15) is 34.1 Å². The molecule has 0 aliphatic rings. The molecule has 0 atom stereocenters. The number of ether oxygens (including phenoxy) is 1. The molecule has 0 amide bonds. The predicted molar refractivity (Wildman–Crippen MR) is 139 cm³/mol. The van der Waals surface area contributed by atoms with Crippen LogP contribution in [0, 0.1) is 6.92 Å². The van der Waals surface area contributed by atoms with Gasteiger partial charge in [-0.3, -0.25) is 0 Å². The minimum atomic E-state index is -0.376. The molecule has 0 spiro atoms. The number of phenols is 1. The maximum atomic E-state index is 13.1. The van der Waals surface area contributed by atoms with Gasteiger partial charge in [0.05, 0.1) is 22.2 Å². The molecule has 4 aromatic rings. The lowest BCUT2D eigenvalue weighted by atomic mass is 10.0. The summed E-state index contributed by atoms with van der Waals surface area (Å²) in [7, 11) is 3.87. The molecule has 33 heavy (non-hydrogen) atoms. The van der Waals surface area contributed by atoms with Crippen LogP contribution in [-0.2, 0) is 17.0 Å². The standard InChI is InChI=1S/C26H27BrN2O3S/c1-5-32-26(31)22-20(14-33-18-11-10-16-8-6-7-9-17(16)12-18)28-24-15(2)23(27)25(30)19(21(22)24)13-29(3)4/h6-12,28,30H,5,13-14H2,1-4H3. The molecule has 2 N–H and O–H groups in total. The molecule has 3 aromatic carbocycles. The van der Waals surface area contributed by atoms with Crippen molar-refractivity contribution in [2.24, 2.45) is 0 Å². The van der Waals surface area contributed by atoms with Crippen LogP contribution in [-0.4, -0.2) is 41.7 Å². The summed E-state index contributed by atoms with van der Waals surface area (Å²) in [6.45, 7) is 4.50. The van der Waals surface area contributed by atoms with Crippen LogP contribution < -0.4 is 0 Å². The number of benzene rings is 3. The molecule has 7 heteroatoms. The number of aromatic nitrogens is 1. The van der Waals surface area contributed by atoms with Crippen LogP contribution in [0.25, 0.3) is 21.7 Å². The highest BCUT2D eigenvalue weighted by atomic mass is 79.9. The molecule has 0 fully saturated rings. The third kappa shape index (κ3) is 4.63. The number of hydrogen-bond donors (Lipinski definition) is 2. The summed E-state index contributed by atoms with van der Waals surface area (Å²) in [5.41, 5.74) is 3.70. The Hall–Kier alpha value is -2.48. The highest BCUT2D eigenvalue weighted by Crippen LogP contribution is 2.42. The van der Waals surface area contributed by atoms with E-state index >= 15 is 0 Å². The molecule has 1 aromatic heterocycles. The van der Waals surface area contributed by atoms with Crippen molar-refractivity contribution < 1.29 is 14.6 Å². The van der Waals surface area contributed by atoms with E-state index in [0.29, 0.717) is 27.9 Å². The third-order valence-corrected chi connectivity index (χ3v) is 7.63. The smallest absolute Gasteiger partial charge is 0.340 e. The van der Waals surface area contributed by atoms with Crippen LogP contribution in [0.2, 0.25) is 0 Å². The van der Waals surface area contributed by atoms with E-state index in [1.54, 1.807) is 18.7 Å². The van der Waals surface area contributed by atoms with Gasteiger partial charge in [0.25, 0.3) is 0 Å². The average Bonchev–Trinajstić information content (AvgIpc) is 3.18. The number of esters is 1. The molecule has 5 nitrogen and oxygen atoms in total. The fraction of sp³-hybridized carbons (Fsp3) is 0.269. The van der Waals surface area contributed by atoms with Crippen molar-refractivity contribution in [1.29, 1.82) is 0 Å². The number of carbonyl (C=O) groups is 1. The first-order valence-electron chi connectivity index (χ1n) is 10.8. The van der Waals surface area contributed by atoms with Gasteiger partial charge in [-0.2, -0.15) is 0 Å². The number of nitrogens with one attached hydrogen (secondary N) is 1. The number of rotatable bonds is 7. The van der Waals surface area contributed by atoms with E-state index in [9.17, 15) is 9.90 Å². The van der Waals surface area contributed by atoms with E-state index in [1.165, 1.54) is 10.8 Å². The van der Waals surface area contributed by atoms with Crippen molar-refractivity contribution in [1.82, 2.24) is 9.88 Å². The van der Waals surface area contributed by atoms with Crippen molar-refractivity contribution in [2.75, 3.05) is 20.7 Å². The largest absolute Gasteiger partial charge is 0.506 e.